The maximum atomic E-state index is 10.7. The van der Waals surface area contributed by atoms with Gasteiger partial charge in [0, 0.05) is 10.5 Å². The third-order valence-corrected chi connectivity index (χ3v) is 2.48. The Hall–Kier alpha value is -1.41. The van der Waals surface area contributed by atoms with Crippen LogP contribution in [0.2, 0.25) is 0 Å². The lowest BCUT2D eigenvalue weighted by atomic mass is 10.1. The number of benzene rings is 1. The molecule has 0 heterocycles. The molecule has 0 fully saturated rings. The van der Waals surface area contributed by atoms with Crippen LogP contribution in [0.5, 0.6) is 0 Å². The average molecular weight is 255 g/mol. The molecule has 72 valence electrons. The first-order chi connectivity index (χ1) is 6.56. The van der Waals surface area contributed by atoms with Gasteiger partial charge in [-0.15, -0.1) is 0 Å². The normalized spacial score (nSPS) is 9.50. The van der Waals surface area contributed by atoms with Crippen molar-refractivity contribution in [1.29, 1.82) is 5.26 Å². The van der Waals surface area contributed by atoms with E-state index in [4.69, 9.17) is 5.26 Å². The number of nitro groups is 1. The molecule has 0 radical (unpaired) electrons. The van der Waals surface area contributed by atoms with Gasteiger partial charge in [0.1, 0.15) is 0 Å². The molecule has 0 unspecified atom stereocenters. The summed E-state index contributed by atoms with van der Waals surface area (Å²) >= 11 is 3.21. The van der Waals surface area contributed by atoms with Gasteiger partial charge in [0.2, 0.25) is 0 Å². The Balaban J connectivity index is 3.38. The Morgan fingerprint density at radius 2 is 2.29 bits per heavy atom. The number of nitriles is 1. The fourth-order valence-electron chi connectivity index (χ4n) is 1.17. The van der Waals surface area contributed by atoms with E-state index < -0.39 is 4.92 Å². The van der Waals surface area contributed by atoms with Crippen molar-refractivity contribution < 1.29 is 4.92 Å². The lowest BCUT2D eigenvalue weighted by Crippen LogP contribution is -1.96. The van der Waals surface area contributed by atoms with Gasteiger partial charge in [-0.05, 0) is 18.6 Å². The molecule has 1 aromatic rings. The van der Waals surface area contributed by atoms with Gasteiger partial charge in [-0.3, -0.25) is 10.1 Å². The van der Waals surface area contributed by atoms with E-state index in [0.29, 0.717) is 10.0 Å². The Morgan fingerprint density at radius 1 is 1.64 bits per heavy atom. The number of rotatable bonds is 2. The van der Waals surface area contributed by atoms with Crippen molar-refractivity contribution in [2.24, 2.45) is 0 Å². The SMILES string of the molecule is Cc1cc(Br)c(CC#N)c([N+](=O)[O-])c1. The van der Waals surface area contributed by atoms with Gasteiger partial charge >= 0.3 is 0 Å². The van der Waals surface area contributed by atoms with Crippen LogP contribution in [0.4, 0.5) is 5.69 Å². The van der Waals surface area contributed by atoms with Gasteiger partial charge in [0.15, 0.2) is 0 Å². The first-order valence-electron chi connectivity index (χ1n) is 3.86. The van der Waals surface area contributed by atoms with Gasteiger partial charge in [-0.25, -0.2) is 0 Å². The molecule has 0 aromatic heterocycles. The van der Waals surface area contributed by atoms with Crippen molar-refractivity contribution in [3.63, 3.8) is 0 Å². The van der Waals surface area contributed by atoms with E-state index in [-0.39, 0.29) is 12.1 Å². The standard InChI is InChI=1S/C9H7BrN2O2/c1-6-4-8(10)7(2-3-11)9(5-6)12(13)14/h4-5H,2H2,1H3. The summed E-state index contributed by atoms with van der Waals surface area (Å²) in [6.45, 7) is 1.77. The third kappa shape index (κ3) is 2.09. The monoisotopic (exact) mass is 254 g/mol. The molecule has 1 aromatic carbocycles. The Kier molecular flexibility index (Phi) is 3.20. The second kappa shape index (κ2) is 4.20. The Morgan fingerprint density at radius 3 is 2.79 bits per heavy atom. The van der Waals surface area contributed by atoms with Gasteiger partial charge in [-0.2, -0.15) is 5.26 Å². The fourth-order valence-corrected chi connectivity index (χ4v) is 1.88. The van der Waals surface area contributed by atoms with Crippen molar-refractivity contribution in [3.8, 4) is 6.07 Å². The van der Waals surface area contributed by atoms with E-state index in [1.54, 1.807) is 13.0 Å². The number of halogens is 1. The molecular formula is C9H7BrN2O2. The number of hydrogen-bond acceptors (Lipinski definition) is 3. The molecule has 5 heteroatoms. The molecule has 0 saturated carbocycles. The highest BCUT2D eigenvalue weighted by molar-refractivity contribution is 9.10. The summed E-state index contributed by atoms with van der Waals surface area (Å²) in [5, 5.41) is 19.2. The summed E-state index contributed by atoms with van der Waals surface area (Å²) in [6.07, 6.45) is 0.0389. The van der Waals surface area contributed by atoms with Crippen molar-refractivity contribution in [3.05, 3.63) is 37.8 Å². The zero-order chi connectivity index (χ0) is 10.7. The Labute approximate surface area is 89.4 Å². The predicted octanol–water partition coefficient (Wildman–Crippen LogP) is 2.73. The molecule has 0 saturated heterocycles. The van der Waals surface area contributed by atoms with Crippen LogP contribution in [0.1, 0.15) is 11.1 Å². The molecule has 0 aliphatic rings. The maximum absolute atomic E-state index is 10.7. The quantitative estimate of drug-likeness (QED) is 0.602. The lowest BCUT2D eigenvalue weighted by molar-refractivity contribution is -0.385. The van der Waals surface area contributed by atoms with Gasteiger partial charge in [-0.1, -0.05) is 15.9 Å². The number of hydrogen-bond donors (Lipinski definition) is 0. The minimum absolute atomic E-state index is 0.00146. The highest BCUT2D eigenvalue weighted by Crippen LogP contribution is 2.28. The molecule has 0 bridgehead atoms. The lowest BCUT2D eigenvalue weighted by Gasteiger charge is -2.02. The molecule has 0 amide bonds. The van der Waals surface area contributed by atoms with Crippen LogP contribution in [0.25, 0.3) is 0 Å². The first kappa shape index (κ1) is 10.7. The predicted molar refractivity (Wildman–Crippen MR) is 54.9 cm³/mol. The van der Waals surface area contributed by atoms with E-state index in [1.165, 1.54) is 6.07 Å². The van der Waals surface area contributed by atoms with Crippen molar-refractivity contribution in [2.75, 3.05) is 0 Å². The topological polar surface area (TPSA) is 66.9 Å². The second-order valence-corrected chi connectivity index (χ2v) is 3.69. The molecule has 0 aliphatic carbocycles. The maximum Gasteiger partial charge on any atom is 0.275 e. The zero-order valence-electron chi connectivity index (χ0n) is 7.45. The highest BCUT2D eigenvalue weighted by Gasteiger charge is 2.16. The van der Waals surface area contributed by atoms with E-state index >= 15 is 0 Å². The molecule has 14 heavy (non-hydrogen) atoms. The third-order valence-electron chi connectivity index (χ3n) is 1.77. The van der Waals surface area contributed by atoms with E-state index in [1.807, 2.05) is 6.07 Å². The molecule has 1 rings (SSSR count). The second-order valence-electron chi connectivity index (χ2n) is 2.84. The van der Waals surface area contributed by atoms with Crippen LogP contribution in [-0.4, -0.2) is 4.92 Å². The Bertz CT molecular complexity index is 424. The van der Waals surface area contributed by atoms with Crippen LogP contribution in [-0.2, 0) is 6.42 Å². The minimum Gasteiger partial charge on any atom is -0.258 e. The largest absolute Gasteiger partial charge is 0.275 e. The summed E-state index contributed by atoms with van der Waals surface area (Å²) in [5.41, 5.74) is 1.23. The summed E-state index contributed by atoms with van der Waals surface area (Å²) < 4.78 is 0.616. The van der Waals surface area contributed by atoms with Crippen molar-refractivity contribution >= 4 is 21.6 Å². The molecule has 0 atom stereocenters. The highest BCUT2D eigenvalue weighted by atomic mass is 79.9. The fraction of sp³-hybridized carbons (Fsp3) is 0.222. The van der Waals surface area contributed by atoms with Crippen LogP contribution in [0, 0.1) is 28.4 Å². The summed E-state index contributed by atoms with van der Waals surface area (Å²) in [7, 11) is 0. The van der Waals surface area contributed by atoms with Crippen molar-refractivity contribution in [1.82, 2.24) is 0 Å². The molecule has 4 nitrogen and oxygen atoms in total. The van der Waals surface area contributed by atoms with Crippen LogP contribution in [0.3, 0.4) is 0 Å². The van der Waals surface area contributed by atoms with Crippen LogP contribution >= 0.6 is 15.9 Å². The first-order valence-corrected chi connectivity index (χ1v) is 4.66. The van der Waals surface area contributed by atoms with E-state index in [0.717, 1.165) is 5.56 Å². The molecular weight excluding hydrogens is 248 g/mol. The molecule has 0 aliphatic heterocycles. The van der Waals surface area contributed by atoms with E-state index in [9.17, 15) is 10.1 Å². The smallest absolute Gasteiger partial charge is 0.258 e. The molecule has 0 N–H and O–H groups in total. The number of nitro benzene ring substituents is 1. The zero-order valence-corrected chi connectivity index (χ0v) is 9.04. The molecule has 0 spiro atoms. The van der Waals surface area contributed by atoms with Gasteiger partial charge < -0.3 is 0 Å². The summed E-state index contributed by atoms with van der Waals surface area (Å²) in [6, 6.07) is 5.14. The minimum atomic E-state index is -0.468. The van der Waals surface area contributed by atoms with E-state index in [2.05, 4.69) is 15.9 Å². The number of nitrogens with zero attached hydrogens (tertiary/aromatic N) is 2. The van der Waals surface area contributed by atoms with Crippen LogP contribution < -0.4 is 0 Å². The average Bonchev–Trinajstić information content (AvgIpc) is 2.09. The van der Waals surface area contributed by atoms with Crippen LogP contribution in [0.15, 0.2) is 16.6 Å². The van der Waals surface area contributed by atoms with Gasteiger partial charge in [0.05, 0.1) is 23.0 Å². The summed E-state index contributed by atoms with van der Waals surface area (Å²) in [5.74, 6) is 0. The van der Waals surface area contributed by atoms with Crippen molar-refractivity contribution in [2.45, 2.75) is 13.3 Å². The van der Waals surface area contributed by atoms with Gasteiger partial charge in [0.25, 0.3) is 5.69 Å². The number of aryl methyl sites for hydroxylation is 1. The summed E-state index contributed by atoms with van der Waals surface area (Å²) in [4.78, 5) is 10.2.